The molecule has 4 nitrogen and oxygen atoms in total. The fourth-order valence-corrected chi connectivity index (χ4v) is 1.65. The van der Waals surface area contributed by atoms with E-state index in [0.717, 1.165) is 20.5 Å². The molecule has 0 aromatic carbocycles. The fraction of sp³-hybridized carbons (Fsp3) is 0.182. The molecule has 0 fully saturated rings. The average molecular weight is 326 g/mol. The van der Waals surface area contributed by atoms with Crippen LogP contribution in [-0.2, 0) is 0 Å². The van der Waals surface area contributed by atoms with Gasteiger partial charge >= 0.3 is 0 Å². The van der Waals surface area contributed by atoms with Crippen LogP contribution in [0.2, 0.25) is 0 Å². The van der Waals surface area contributed by atoms with Gasteiger partial charge in [0.2, 0.25) is 0 Å². The van der Waals surface area contributed by atoms with E-state index in [0.29, 0.717) is 11.6 Å². The number of nitrogens with two attached hydrogens (primary N) is 1. The average Bonchev–Trinajstić information content (AvgIpc) is 2.26. The number of nitrogen functional groups attached to an aromatic ring is 1. The van der Waals surface area contributed by atoms with Crippen molar-refractivity contribution in [2.45, 2.75) is 13.8 Å². The number of halogens is 1. The number of rotatable bonds is 1. The van der Waals surface area contributed by atoms with Gasteiger partial charge in [0, 0.05) is 6.20 Å². The largest absolute Gasteiger partial charge is 0.383 e. The standard InChI is InChI=1S/C11H11IN4/c1-6-4-3-5-14-9(6)11-15-7(2)8(12)10(13)16-11/h3-5H,1-2H3,(H2,13,15,16). The lowest BCUT2D eigenvalue weighted by Gasteiger charge is -2.06. The SMILES string of the molecule is Cc1cccnc1-c1nc(C)c(I)c(N)n1. The highest BCUT2D eigenvalue weighted by Crippen LogP contribution is 2.22. The molecule has 0 saturated heterocycles. The lowest BCUT2D eigenvalue weighted by atomic mass is 10.2. The molecule has 2 heterocycles. The molecular formula is C11H11IN4. The Kier molecular flexibility index (Phi) is 3.04. The zero-order valence-electron chi connectivity index (χ0n) is 9.03. The van der Waals surface area contributed by atoms with Crippen LogP contribution in [-0.4, -0.2) is 15.0 Å². The summed E-state index contributed by atoms with van der Waals surface area (Å²) < 4.78 is 0.898. The second-order valence-corrected chi connectivity index (χ2v) is 4.58. The smallest absolute Gasteiger partial charge is 0.180 e. The molecule has 16 heavy (non-hydrogen) atoms. The number of hydrogen-bond donors (Lipinski definition) is 1. The molecule has 2 aromatic heterocycles. The lowest BCUT2D eigenvalue weighted by Crippen LogP contribution is -2.03. The third kappa shape index (κ3) is 1.99. The quantitative estimate of drug-likeness (QED) is 0.817. The Balaban J connectivity index is 2.62. The summed E-state index contributed by atoms with van der Waals surface area (Å²) in [5, 5.41) is 0. The van der Waals surface area contributed by atoms with Gasteiger partial charge in [-0.05, 0) is 48.1 Å². The second-order valence-electron chi connectivity index (χ2n) is 3.50. The van der Waals surface area contributed by atoms with Gasteiger partial charge in [0.1, 0.15) is 11.5 Å². The van der Waals surface area contributed by atoms with Gasteiger partial charge in [-0.15, -0.1) is 0 Å². The van der Waals surface area contributed by atoms with E-state index in [4.69, 9.17) is 5.73 Å². The topological polar surface area (TPSA) is 64.7 Å². The molecule has 0 aliphatic rings. The Morgan fingerprint density at radius 3 is 2.62 bits per heavy atom. The molecule has 0 bridgehead atoms. The minimum atomic E-state index is 0.508. The maximum atomic E-state index is 5.82. The molecule has 0 spiro atoms. The number of aromatic nitrogens is 3. The van der Waals surface area contributed by atoms with E-state index < -0.39 is 0 Å². The van der Waals surface area contributed by atoms with E-state index in [-0.39, 0.29) is 0 Å². The molecule has 5 heteroatoms. The van der Waals surface area contributed by atoms with E-state index in [2.05, 4.69) is 37.5 Å². The van der Waals surface area contributed by atoms with E-state index in [1.807, 2.05) is 26.0 Å². The highest BCUT2D eigenvalue weighted by molar-refractivity contribution is 14.1. The Bertz CT molecular complexity index is 516. The van der Waals surface area contributed by atoms with Gasteiger partial charge in [-0.2, -0.15) is 0 Å². The molecule has 0 aliphatic carbocycles. The highest BCUT2D eigenvalue weighted by Gasteiger charge is 2.10. The van der Waals surface area contributed by atoms with Crippen molar-refractivity contribution in [2.75, 3.05) is 5.73 Å². The second kappa shape index (κ2) is 4.32. The first-order valence-corrected chi connectivity index (χ1v) is 5.89. The maximum Gasteiger partial charge on any atom is 0.180 e. The van der Waals surface area contributed by atoms with Gasteiger partial charge in [0.25, 0.3) is 0 Å². The number of aryl methyl sites for hydroxylation is 2. The summed E-state index contributed by atoms with van der Waals surface area (Å²) in [6, 6.07) is 3.87. The zero-order valence-corrected chi connectivity index (χ0v) is 11.2. The predicted octanol–water partition coefficient (Wildman–Crippen LogP) is 2.34. The summed E-state index contributed by atoms with van der Waals surface area (Å²) in [7, 11) is 0. The van der Waals surface area contributed by atoms with Crippen molar-refractivity contribution in [3.8, 4) is 11.5 Å². The summed E-state index contributed by atoms with van der Waals surface area (Å²) in [5.41, 5.74) is 8.53. The first-order valence-electron chi connectivity index (χ1n) is 4.81. The number of anilines is 1. The van der Waals surface area contributed by atoms with Crippen molar-refractivity contribution in [3.05, 3.63) is 33.2 Å². The third-order valence-electron chi connectivity index (χ3n) is 2.26. The Hall–Kier alpha value is -1.24. The van der Waals surface area contributed by atoms with Crippen molar-refractivity contribution in [1.82, 2.24) is 15.0 Å². The summed E-state index contributed by atoms with van der Waals surface area (Å²) in [6.07, 6.45) is 1.73. The highest BCUT2D eigenvalue weighted by atomic mass is 127. The van der Waals surface area contributed by atoms with Crippen LogP contribution in [0.1, 0.15) is 11.3 Å². The zero-order chi connectivity index (χ0) is 11.7. The molecule has 0 radical (unpaired) electrons. The van der Waals surface area contributed by atoms with Crippen LogP contribution in [0.5, 0.6) is 0 Å². The van der Waals surface area contributed by atoms with Crippen LogP contribution in [0.4, 0.5) is 5.82 Å². The van der Waals surface area contributed by atoms with E-state index in [1.54, 1.807) is 6.20 Å². The van der Waals surface area contributed by atoms with Crippen LogP contribution >= 0.6 is 22.6 Å². The van der Waals surface area contributed by atoms with Crippen molar-refractivity contribution in [3.63, 3.8) is 0 Å². The van der Waals surface area contributed by atoms with Crippen LogP contribution in [0.25, 0.3) is 11.5 Å². The molecule has 2 rings (SSSR count). The van der Waals surface area contributed by atoms with Crippen LogP contribution in [0, 0.1) is 17.4 Å². The predicted molar refractivity (Wildman–Crippen MR) is 71.9 cm³/mol. The molecule has 0 saturated carbocycles. The van der Waals surface area contributed by atoms with Crippen molar-refractivity contribution < 1.29 is 0 Å². The van der Waals surface area contributed by atoms with Gasteiger partial charge in [-0.3, -0.25) is 4.98 Å². The summed E-state index contributed by atoms with van der Waals surface area (Å²) in [6.45, 7) is 3.90. The van der Waals surface area contributed by atoms with Gasteiger partial charge in [-0.25, -0.2) is 9.97 Å². The Morgan fingerprint density at radius 1 is 1.25 bits per heavy atom. The molecule has 0 amide bonds. The summed E-state index contributed by atoms with van der Waals surface area (Å²) in [5.74, 6) is 1.10. The number of hydrogen-bond acceptors (Lipinski definition) is 4. The Labute approximate surface area is 107 Å². The minimum Gasteiger partial charge on any atom is -0.383 e. The van der Waals surface area contributed by atoms with Gasteiger partial charge < -0.3 is 5.73 Å². The van der Waals surface area contributed by atoms with Gasteiger partial charge in [0.15, 0.2) is 5.82 Å². The maximum absolute atomic E-state index is 5.82. The van der Waals surface area contributed by atoms with E-state index >= 15 is 0 Å². The normalized spacial score (nSPS) is 10.4. The van der Waals surface area contributed by atoms with Crippen LogP contribution in [0.3, 0.4) is 0 Å². The van der Waals surface area contributed by atoms with Crippen molar-refractivity contribution in [1.29, 1.82) is 0 Å². The molecule has 0 aliphatic heterocycles. The summed E-state index contributed by atoms with van der Waals surface area (Å²) >= 11 is 2.14. The van der Waals surface area contributed by atoms with E-state index in [1.165, 1.54) is 0 Å². The number of pyridine rings is 1. The van der Waals surface area contributed by atoms with Crippen molar-refractivity contribution in [2.24, 2.45) is 0 Å². The summed E-state index contributed by atoms with van der Waals surface area (Å²) in [4.78, 5) is 12.9. The Morgan fingerprint density at radius 2 is 2.00 bits per heavy atom. The molecular weight excluding hydrogens is 315 g/mol. The molecule has 82 valence electrons. The van der Waals surface area contributed by atoms with Crippen LogP contribution in [0.15, 0.2) is 18.3 Å². The van der Waals surface area contributed by atoms with Crippen LogP contribution < -0.4 is 5.73 Å². The number of nitrogens with zero attached hydrogens (tertiary/aromatic N) is 3. The van der Waals surface area contributed by atoms with Gasteiger partial charge in [0.05, 0.1) is 9.26 Å². The first kappa shape index (κ1) is 11.3. The van der Waals surface area contributed by atoms with Gasteiger partial charge in [-0.1, -0.05) is 6.07 Å². The van der Waals surface area contributed by atoms with Crippen molar-refractivity contribution >= 4 is 28.4 Å². The third-order valence-corrected chi connectivity index (χ3v) is 3.60. The molecule has 2 N–H and O–H groups in total. The lowest BCUT2D eigenvalue weighted by molar-refractivity contribution is 1.07. The molecule has 0 unspecified atom stereocenters. The minimum absolute atomic E-state index is 0.508. The first-order chi connectivity index (χ1) is 7.59. The molecule has 2 aromatic rings. The fourth-order valence-electron chi connectivity index (χ4n) is 1.41. The molecule has 0 atom stereocenters. The monoisotopic (exact) mass is 326 g/mol. The van der Waals surface area contributed by atoms with E-state index in [9.17, 15) is 0 Å².